The summed E-state index contributed by atoms with van der Waals surface area (Å²) in [5, 5.41) is 2.44. The van der Waals surface area contributed by atoms with Crippen molar-refractivity contribution in [2.24, 2.45) is 4.99 Å². The maximum atomic E-state index is 5.24. The Balaban J connectivity index is 1.47. The SMILES string of the molecule is C=C(/N=C(/c1ccccc1)c1sc2ccccc2c1C)c1cccc(-c2cc(CC)nc3c(C)c(/C=C\CC)ccc23)c1. The smallest absolute Gasteiger partial charge is 0.0884 e. The molecule has 0 aliphatic heterocycles. The molecule has 2 nitrogen and oxygen atoms in total. The van der Waals surface area contributed by atoms with E-state index in [4.69, 9.17) is 9.98 Å². The highest BCUT2D eigenvalue weighted by molar-refractivity contribution is 7.21. The van der Waals surface area contributed by atoms with Crippen molar-refractivity contribution in [3.8, 4) is 11.1 Å². The number of aromatic nitrogens is 1. The number of allylic oxidation sites excluding steroid dienone is 1. The van der Waals surface area contributed by atoms with Crippen molar-refractivity contribution >= 4 is 49.8 Å². The molecule has 2 aromatic heterocycles. The zero-order chi connectivity index (χ0) is 29.9. The van der Waals surface area contributed by atoms with Gasteiger partial charge in [-0.1, -0.05) is 111 Å². The second-order valence-electron chi connectivity index (χ2n) is 10.9. The Morgan fingerprint density at radius 3 is 2.35 bits per heavy atom. The first-order valence-corrected chi connectivity index (χ1v) is 15.8. The fourth-order valence-corrected chi connectivity index (χ4v) is 6.87. The van der Waals surface area contributed by atoms with E-state index >= 15 is 0 Å². The van der Waals surface area contributed by atoms with Crippen LogP contribution in [-0.2, 0) is 6.42 Å². The van der Waals surface area contributed by atoms with Crippen LogP contribution in [0, 0.1) is 13.8 Å². The van der Waals surface area contributed by atoms with Gasteiger partial charge in [0.15, 0.2) is 0 Å². The predicted molar refractivity (Wildman–Crippen MR) is 188 cm³/mol. The Morgan fingerprint density at radius 2 is 1.58 bits per heavy atom. The summed E-state index contributed by atoms with van der Waals surface area (Å²) >= 11 is 1.79. The van der Waals surface area contributed by atoms with Crippen LogP contribution in [0.15, 0.2) is 115 Å². The highest BCUT2D eigenvalue weighted by atomic mass is 32.1. The largest absolute Gasteiger partial charge is 0.253 e. The highest BCUT2D eigenvalue weighted by Gasteiger charge is 2.17. The fourth-order valence-electron chi connectivity index (χ4n) is 5.65. The van der Waals surface area contributed by atoms with Crippen LogP contribution in [0.4, 0.5) is 0 Å². The zero-order valence-corrected chi connectivity index (χ0v) is 26.1. The number of thiophene rings is 1. The molecule has 0 bridgehead atoms. The average molecular weight is 577 g/mol. The van der Waals surface area contributed by atoms with Crippen molar-refractivity contribution in [2.45, 2.75) is 40.5 Å². The van der Waals surface area contributed by atoms with Gasteiger partial charge in [0.25, 0.3) is 0 Å². The van der Waals surface area contributed by atoms with E-state index in [1.54, 1.807) is 11.3 Å². The molecule has 0 spiro atoms. The average Bonchev–Trinajstić information content (AvgIpc) is 3.39. The van der Waals surface area contributed by atoms with E-state index in [1.165, 1.54) is 42.6 Å². The fraction of sp³-hybridized carbons (Fsp3) is 0.150. The Kier molecular flexibility index (Phi) is 8.18. The molecule has 0 atom stereocenters. The van der Waals surface area contributed by atoms with Gasteiger partial charge in [-0.15, -0.1) is 11.3 Å². The minimum atomic E-state index is 0.745. The third kappa shape index (κ3) is 5.61. The summed E-state index contributed by atoms with van der Waals surface area (Å²) in [5.74, 6) is 0. The Labute approximate surface area is 258 Å². The van der Waals surface area contributed by atoms with Crippen molar-refractivity contribution in [1.82, 2.24) is 4.98 Å². The summed E-state index contributed by atoms with van der Waals surface area (Å²) in [6.45, 7) is 13.2. The Hall–Kier alpha value is -4.60. The molecule has 0 saturated carbocycles. The lowest BCUT2D eigenvalue weighted by Gasteiger charge is -2.14. The molecule has 2 heterocycles. The molecule has 0 aliphatic rings. The molecule has 0 fully saturated rings. The van der Waals surface area contributed by atoms with Crippen LogP contribution in [0.25, 0.3) is 43.9 Å². The summed E-state index contributed by atoms with van der Waals surface area (Å²) in [6.07, 6.45) is 6.31. The second-order valence-corrected chi connectivity index (χ2v) is 12.0. The summed E-state index contributed by atoms with van der Waals surface area (Å²) in [7, 11) is 0. The van der Waals surface area contributed by atoms with Gasteiger partial charge in [-0.2, -0.15) is 0 Å². The first-order valence-electron chi connectivity index (χ1n) is 15.0. The highest BCUT2D eigenvalue weighted by Crippen LogP contribution is 2.36. The van der Waals surface area contributed by atoms with Crippen LogP contribution in [0.5, 0.6) is 0 Å². The van der Waals surface area contributed by atoms with E-state index in [9.17, 15) is 0 Å². The van der Waals surface area contributed by atoms with Gasteiger partial charge in [0.1, 0.15) is 0 Å². The molecule has 3 heteroatoms. The molecule has 0 saturated heterocycles. The van der Waals surface area contributed by atoms with Crippen LogP contribution in [0.3, 0.4) is 0 Å². The maximum absolute atomic E-state index is 5.24. The molecular formula is C40H36N2S. The van der Waals surface area contributed by atoms with E-state index in [-0.39, 0.29) is 0 Å². The van der Waals surface area contributed by atoms with E-state index < -0.39 is 0 Å². The van der Waals surface area contributed by atoms with Crippen LogP contribution >= 0.6 is 11.3 Å². The molecule has 212 valence electrons. The number of hydrogen-bond acceptors (Lipinski definition) is 3. The van der Waals surface area contributed by atoms with Gasteiger partial charge in [-0.3, -0.25) is 4.98 Å². The van der Waals surface area contributed by atoms with E-state index in [1.807, 2.05) is 6.07 Å². The number of benzene rings is 4. The third-order valence-electron chi connectivity index (χ3n) is 8.08. The minimum absolute atomic E-state index is 0.745. The number of nitrogens with zero attached hydrogens (tertiary/aromatic N) is 2. The molecule has 4 aromatic carbocycles. The van der Waals surface area contributed by atoms with Gasteiger partial charge < -0.3 is 0 Å². The summed E-state index contributed by atoms with van der Waals surface area (Å²) in [4.78, 5) is 11.5. The molecule has 6 rings (SSSR count). The van der Waals surface area contributed by atoms with Gasteiger partial charge in [0.2, 0.25) is 0 Å². The van der Waals surface area contributed by atoms with Crippen molar-refractivity contribution < 1.29 is 0 Å². The summed E-state index contributed by atoms with van der Waals surface area (Å²) in [5.41, 5.74) is 12.0. The molecule has 6 aromatic rings. The number of fused-ring (bicyclic) bond motifs is 2. The second kappa shape index (κ2) is 12.3. The molecule has 0 aliphatic carbocycles. The maximum Gasteiger partial charge on any atom is 0.0884 e. The monoisotopic (exact) mass is 576 g/mol. The van der Waals surface area contributed by atoms with Gasteiger partial charge in [-0.05, 0) is 78.1 Å². The molecule has 43 heavy (non-hydrogen) atoms. The van der Waals surface area contributed by atoms with E-state index in [2.05, 4.69) is 137 Å². The van der Waals surface area contributed by atoms with E-state index in [0.29, 0.717) is 0 Å². The molecule has 0 N–H and O–H groups in total. The number of pyridine rings is 1. The lowest BCUT2D eigenvalue weighted by atomic mass is 9.94. The van der Waals surface area contributed by atoms with Gasteiger partial charge >= 0.3 is 0 Å². The Bertz CT molecular complexity index is 2030. The first-order chi connectivity index (χ1) is 21.0. The summed E-state index contributed by atoms with van der Waals surface area (Å²) in [6, 6.07) is 34.3. The number of rotatable bonds is 8. The zero-order valence-electron chi connectivity index (χ0n) is 25.3. The van der Waals surface area contributed by atoms with Crippen molar-refractivity contribution in [1.29, 1.82) is 0 Å². The topological polar surface area (TPSA) is 25.2 Å². The van der Waals surface area contributed by atoms with Crippen molar-refractivity contribution in [2.75, 3.05) is 0 Å². The van der Waals surface area contributed by atoms with Crippen molar-refractivity contribution in [3.05, 3.63) is 148 Å². The van der Waals surface area contributed by atoms with Crippen LogP contribution in [0.1, 0.15) is 58.7 Å². The molecule has 0 unspecified atom stereocenters. The molecule has 0 amide bonds. The Morgan fingerprint density at radius 1 is 0.814 bits per heavy atom. The lowest BCUT2D eigenvalue weighted by molar-refractivity contribution is 1.05. The predicted octanol–water partition coefficient (Wildman–Crippen LogP) is 11.2. The van der Waals surface area contributed by atoms with Crippen molar-refractivity contribution in [3.63, 3.8) is 0 Å². The first kappa shape index (κ1) is 28.5. The van der Waals surface area contributed by atoms with Crippen LogP contribution < -0.4 is 0 Å². The summed E-state index contributed by atoms with van der Waals surface area (Å²) < 4.78 is 1.27. The van der Waals surface area contributed by atoms with Crippen LogP contribution in [-0.4, -0.2) is 10.7 Å². The van der Waals surface area contributed by atoms with Gasteiger partial charge in [0.05, 0.1) is 21.8 Å². The van der Waals surface area contributed by atoms with E-state index in [0.717, 1.165) is 52.2 Å². The number of aliphatic imine (C=N–C) groups is 1. The molecule has 0 radical (unpaired) electrons. The van der Waals surface area contributed by atoms with Crippen LogP contribution in [0.2, 0.25) is 0 Å². The quantitative estimate of drug-likeness (QED) is 0.165. The third-order valence-corrected chi connectivity index (χ3v) is 9.36. The normalized spacial score (nSPS) is 12.0. The number of aryl methyl sites for hydroxylation is 3. The lowest BCUT2D eigenvalue weighted by Crippen LogP contribution is -2.03. The number of hydrogen-bond donors (Lipinski definition) is 0. The molecular weight excluding hydrogens is 541 g/mol. The minimum Gasteiger partial charge on any atom is -0.253 e. The van der Waals surface area contributed by atoms with Gasteiger partial charge in [-0.25, -0.2) is 4.99 Å². The standard InChI is InChI=1S/C40H36N2S/c1-6-8-15-29-22-23-35-36(25-33(7-2)42-38(35)26(29)3)32-19-14-18-31(24-32)28(5)41-39(30-16-10-9-11-17-30)40-27(4)34-20-12-13-21-37(34)43-40/h8-25H,5-7H2,1-4H3/b15-8-,41-39-. The van der Waals surface area contributed by atoms with Gasteiger partial charge in [0, 0.05) is 26.9 Å².